The summed E-state index contributed by atoms with van der Waals surface area (Å²) in [5, 5.41) is 25.3. The lowest BCUT2D eigenvalue weighted by Crippen LogP contribution is -2.33. The highest BCUT2D eigenvalue weighted by molar-refractivity contribution is 9.10. The number of carbonyl (C=O) groups excluding carboxylic acids is 1. The Labute approximate surface area is 160 Å². The SMILES string of the molecule is COCC(CNc1nonc1C(=NO)Nc1ccc(F)c(Br)c1)OC(N)=O. The summed E-state index contributed by atoms with van der Waals surface area (Å²) in [4.78, 5) is 10.9. The lowest BCUT2D eigenvalue weighted by molar-refractivity contribution is 0.0508. The second kappa shape index (κ2) is 9.68. The maximum atomic E-state index is 13.3. The number of oxime groups is 1. The van der Waals surface area contributed by atoms with Crippen LogP contribution in [0.4, 0.5) is 20.7 Å². The first-order chi connectivity index (χ1) is 12.9. The smallest absolute Gasteiger partial charge is 0.404 e. The van der Waals surface area contributed by atoms with E-state index in [1.54, 1.807) is 0 Å². The van der Waals surface area contributed by atoms with E-state index in [0.29, 0.717) is 5.69 Å². The number of anilines is 2. The van der Waals surface area contributed by atoms with Gasteiger partial charge in [0.1, 0.15) is 11.9 Å². The molecule has 2 aromatic rings. The molecule has 0 aliphatic rings. The third kappa shape index (κ3) is 5.79. The maximum absolute atomic E-state index is 13.3. The minimum atomic E-state index is -0.960. The third-order valence-electron chi connectivity index (χ3n) is 3.13. The number of aromatic nitrogens is 2. The standard InChI is InChI=1S/C14H16BrFN6O5/c1-25-6-8(26-14(17)23)5-18-12-11(21-27-22-12)13(20-24)19-7-2-3-10(16)9(15)4-7/h2-4,8,24H,5-6H2,1H3,(H2,17,23)(H,18,22)(H,19,20). The van der Waals surface area contributed by atoms with E-state index in [0.717, 1.165) is 0 Å². The normalized spacial score (nSPS) is 12.5. The molecule has 11 nitrogen and oxygen atoms in total. The van der Waals surface area contributed by atoms with Crippen molar-refractivity contribution in [2.24, 2.45) is 10.9 Å². The Bertz CT molecular complexity index is 817. The molecule has 13 heteroatoms. The van der Waals surface area contributed by atoms with Crippen LogP contribution in [0.25, 0.3) is 0 Å². The summed E-state index contributed by atoms with van der Waals surface area (Å²) < 4.78 is 28.0. The van der Waals surface area contributed by atoms with Gasteiger partial charge in [0.15, 0.2) is 5.69 Å². The van der Waals surface area contributed by atoms with Crippen LogP contribution in [0, 0.1) is 5.82 Å². The predicted molar refractivity (Wildman–Crippen MR) is 95.2 cm³/mol. The number of amidine groups is 1. The molecule has 0 aliphatic carbocycles. The fraction of sp³-hybridized carbons (Fsp3) is 0.286. The topological polar surface area (TPSA) is 157 Å². The molecule has 27 heavy (non-hydrogen) atoms. The zero-order valence-electron chi connectivity index (χ0n) is 14.0. The third-order valence-corrected chi connectivity index (χ3v) is 3.74. The van der Waals surface area contributed by atoms with Gasteiger partial charge in [-0.3, -0.25) is 0 Å². The zero-order chi connectivity index (χ0) is 19.8. The average molecular weight is 447 g/mol. The number of nitrogens with two attached hydrogens (primary N) is 1. The number of hydrogen-bond acceptors (Lipinski definition) is 9. The van der Waals surface area contributed by atoms with Crippen LogP contribution in [0.1, 0.15) is 5.69 Å². The first-order valence-corrected chi connectivity index (χ1v) is 8.19. The first-order valence-electron chi connectivity index (χ1n) is 7.40. The largest absolute Gasteiger partial charge is 0.442 e. The van der Waals surface area contributed by atoms with Crippen molar-refractivity contribution in [3.63, 3.8) is 0 Å². The Balaban J connectivity index is 2.10. The first kappa shape index (κ1) is 20.4. The van der Waals surface area contributed by atoms with Crippen LogP contribution < -0.4 is 16.4 Å². The molecule has 0 fully saturated rings. The van der Waals surface area contributed by atoms with Crippen LogP contribution in [0.5, 0.6) is 0 Å². The highest BCUT2D eigenvalue weighted by Crippen LogP contribution is 2.21. The summed E-state index contributed by atoms with van der Waals surface area (Å²) in [6, 6.07) is 4.09. The summed E-state index contributed by atoms with van der Waals surface area (Å²) >= 11 is 3.06. The quantitative estimate of drug-likeness (QED) is 0.205. The fourth-order valence-corrected chi connectivity index (χ4v) is 2.38. The predicted octanol–water partition coefficient (Wildman–Crippen LogP) is 1.74. The molecule has 0 saturated carbocycles. The van der Waals surface area contributed by atoms with E-state index in [1.807, 2.05) is 0 Å². The number of carbonyl (C=O) groups is 1. The van der Waals surface area contributed by atoms with E-state index in [2.05, 4.69) is 46.7 Å². The van der Waals surface area contributed by atoms with Gasteiger partial charge < -0.3 is 31.0 Å². The Hall–Kier alpha value is -2.93. The van der Waals surface area contributed by atoms with E-state index in [1.165, 1.54) is 25.3 Å². The molecule has 1 amide bonds. The molecule has 1 aromatic carbocycles. The van der Waals surface area contributed by atoms with Gasteiger partial charge in [0.25, 0.3) is 0 Å². The molecule has 146 valence electrons. The highest BCUT2D eigenvalue weighted by Gasteiger charge is 2.20. The lowest BCUT2D eigenvalue weighted by Gasteiger charge is -2.16. The molecule has 0 aliphatic heterocycles. The number of methoxy groups -OCH3 is 1. The molecule has 1 heterocycles. The summed E-state index contributed by atoms with van der Waals surface area (Å²) in [5.74, 6) is -0.464. The number of nitrogens with one attached hydrogen (secondary N) is 2. The lowest BCUT2D eigenvalue weighted by atomic mass is 10.3. The maximum Gasteiger partial charge on any atom is 0.404 e. The molecule has 1 atom stereocenters. The van der Waals surface area contributed by atoms with E-state index < -0.39 is 18.0 Å². The van der Waals surface area contributed by atoms with Gasteiger partial charge in [0, 0.05) is 12.8 Å². The van der Waals surface area contributed by atoms with Gasteiger partial charge in [0.2, 0.25) is 11.7 Å². The molecule has 2 rings (SSSR count). The van der Waals surface area contributed by atoms with Gasteiger partial charge in [0.05, 0.1) is 17.6 Å². The van der Waals surface area contributed by atoms with Crippen LogP contribution in [-0.4, -0.2) is 53.8 Å². The Morgan fingerprint density at radius 2 is 2.30 bits per heavy atom. The van der Waals surface area contributed by atoms with Crippen molar-refractivity contribution in [1.29, 1.82) is 0 Å². The number of benzene rings is 1. The number of amides is 1. The number of primary amides is 1. The molecule has 0 bridgehead atoms. The van der Waals surface area contributed by atoms with Crippen LogP contribution in [0.3, 0.4) is 0 Å². The van der Waals surface area contributed by atoms with E-state index in [-0.39, 0.29) is 35.0 Å². The highest BCUT2D eigenvalue weighted by atomic mass is 79.9. The summed E-state index contributed by atoms with van der Waals surface area (Å²) in [6.45, 7) is 0.151. The van der Waals surface area contributed by atoms with Crippen molar-refractivity contribution >= 4 is 39.4 Å². The van der Waals surface area contributed by atoms with E-state index in [9.17, 15) is 14.4 Å². The van der Waals surface area contributed by atoms with E-state index >= 15 is 0 Å². The van der Waals surface area contributed by atoms with Crippen LogP contribution >= 0.6 is 15.9 Å². The molecule has 1 aromatic heterocycles. The summed E-state index contributed by atoms with van der Waals surface area (Å²) in [6.07, 6.45) is -1.66. The van der Waals surface area contributed by atoms with Crippen LogP contribution in [0.15, 0.2) is 32.5 Å². The van der Waals surface area contributed by atoms with Gasteiger partial charge in [-0.05, 0) is 44.4 Å². The zero-order valence-corrected chi connectivity index (χ0v) is 15.6. The van der Waals surface area contributed by atoms with Crippen molar-refractivity contribution in [2.45, 2.75) is 6.10 Å². The van der Waals surface area contributed by atoms with Gasteiger partial charge in [-0.15, -0.1) is 0 Å². The number of rotatable bonds is 8. The molecule has 0 saturated heterocycles. The minimum absolute atomic E-state index is 0.0354. The summed E-state index contributed by atoms with van der Waals surface area (Å²) in [7, 11) is 1.43. The van der Waals surface area contributed by atoms with Crippen molar-refractivity contribution in [3.8, 4) is 0 Å². The second-order valence-electron chi connectivity index (χ2n) is 5.06. The number of hydrogen-bond donors (Lipinski definition) is 4. The molecule has 5 N–H and O–H groups in total. The number of ether oxygens (including phenoxy) is 2. The van der Waals surface area contributed by atoms with Gasteiger partial charge in [-0.1, -0.05) is 5.16 Å². The monoisotopic (exact) mass is 446 g/mol. The molecular weight excluding hydrogens is 431 g/mol. The Morgan fingerprint density at radius 1 is 1.52 bits per heavy atom. The molecular formula is C14H16BrFN6O5. The Kier molecular flexibility index (Phi) is 7.31. The summed E-state index contributed by atoms with van der Waals surface area (Å²) in [5.41, 5.74) is 5.45. The fourth-order valence-electron chi connectivity index (χ4n) is 2.00. The van der Waals surface area contributed by atoms with Gasteiger partial charge in [-0.2, -0.15) is 0 Å². The molecule has 0 radical (unpaired) electrons. The van der Waals surface area contributed by atoms with Gasteiger partial charge >= 0.3 is 6.09 Å². The Morgan fingerprint density at radius 3 is 2.93 bits per heavy atom. The molecule has 1 unspecified atom stereocenters. The van der Waals surface area contributed by atoms with Crippen molar-refractivity contribution in [2.75, 3.05) is 30.9 Å². The number of halogens is 2. The van der Waals surface area contributed by atoms with Crippen molar-refractivity contribution in [3.05, 3.63) is 34.2 Å². The van der Waals surface area contributed by atoms with Crippen molar-refractivity contribution in [1.82, 2.24) is 10.3 Å². The van der Waals surface area contributed by atoms with E-state index in [4.69, 9.17) is 15.2 Å². The van der Waals surface area contributed by atoms with Crippen molar-refractivity contribution < 1.29 is 28.5 Å². The second-order valence-corrected chi connectivity index (χ2v) is 5.91. The molecule has 0 spiro atoms. The van der Waals surface area contributed by atoms with Crippen LogP contribution in [0.2, 0.25) is 0 Å². The van der Waals surface area contributed by atoms with Gasteiger partial charge in [-0.25, -0.2) is 13.8 Å². The average Bonchev–Trinajstić information content (AvgIpc) is 3.08. The van der Waals surface area contributed by atoms with Crippen LogP contribution in [-0.2, 0) is 9.47 Å². The minimum Gasteiger partial charge on any atom is -0.442 e. The number of nitrogens with zero attached hydrogens (tertiary/aromatic N) is 3.